The second kappa shape index (κ2) is 9.93. The molecule has 1 amide bonds. The van der Waals surface area contributed by atoms with E-state index in [1.54, 1.807) is 0 Å². The van der Waals surface area contributed by atoms with E-state index in [2.05, 4.69) is 33.0 Å². The highest BCUT2D eigenvalue weighted by Crippen LogP contribution is 2.30. The molecule has 0 spiro atoms. The van der Waals surface area contributed by atoms with Crippen LogP contribution in [-0.2, 0) is 9.53 Å². The summed E-state index contributed by atoms with van der Waals surface area (Å²) in [7, 11) is 0. The minimum atomic E-state index is -0.401. The van der Waals surface area contributed by atoms with Crippen molar-refractivity contribution in [1.29, 1.82) is 0 Å². The van der Waals surface area contributed by atoms with E-state index in [0.29, 0.717) is 25.0 Å². The van der Waals surface area contributed by atoms with Crippen molar-refractivity contribution in [3.05, 3.63) is 29.8 Å². The molecule has 3 atom stereocenters. The Bertz CT molecular complexity index is 574. The molecular formula is C21H34N2O3. The van der Waals surface area contributed by atoms with Gasteiger partial charge in [-0.1, -0.05) is 45.9 Å². The Hall–Kier alpha value is -1.59. The highest BCUT2D eigenvalue weighted by atomic mass is 16.5. The minimum Gasteiger partial charge on any atom is -0.493 e. The van der Waals surface area contributed by atoms with E-state index in [0.717, 1.165) is 30.6 Å². The van der Waals surface area contributed by atoms with Gasteiger partial charge in [0.2, 0.25) is 5.91 Å². The number of carbonyl (C=O) groups is 1. The van der Waals surface area contributed by atoms with E-state index in [4.69, 9.17) is 15.2 Å². The molecule has 0 saturated carbocycles. The predicted octanol–water partition coefficient (Wildman–Crippen LogP) is 3.43. The van der Waals surface area contributed by atoms with Crippen LogP contribution in [0, 0.1) is 11.8 Å². The van der Waals surface area contributed by atoms with Gasteiger partial charge in [0.25, 0.3) is 0 Å². The molecule has 1 aliphatic heterocycles. The molecule has 0 aliphatic carbocycles. The number of amides is 1. The molecule has 146 valence electrons. The molecule has 5 heteroatoms. The summed E-state index contributed by atoms with van der Waals surface area (Å²) in [6, 6.07) is 7.90. The monoisotopic (exact) mass is 362 g/mol. The van der Waals surface area contributed by atoms with Gasteiger partial charge in [0.15, 0.2) is 0 Å². The number of hydrogen-bond donors (Lipinski definition) is 2. The van der Waals surface area contributed by atoms with Gasteiger partial charge in [-0.3, -0.25) is 4.79 Å². The van der Waals surface area contributed by atoms with Crippen LogP contribution >= 0.6 is 0 Å². The molecule has 1 unspecified atom stereocenters. The van der Waals surface area contributed by atoms with E-state index >= 15 is 0 Å². The highest BCUT2D eigenvalue weighted by Gasteiger charge is 2.31. The van der Waals surface area contributed by atoms with Crippen molar-refractivity contribution in [2.24, 2.45) is 17.6 Å². The second-order valence-corrected chi connectivity index (χ2v) is 7.99. The first kappa shape index (κ1) is 20.7. The maximum atomic E-state index is 12.7. The average Bonchev–Trinajstić information content (AvgIpc) is 3.08. The minimum absolute atomic E-state index is 0.00374. The molecule has 1 aromatic carbocycles. The van der Waals surface area contributed by atoms with Gasteiger partial charge < -0.3 is 20.5 Å². The first-order valence-corrected chi connectivity index (χ1v) is 9.78. The van der Waals surface area contributed by atoms with Crippen molar-refractivity contribution in [1.82, 2.24) is 5.32 Å². The van der Waals surface area contributed by atoms with E-state index in [1.165, 1.54) is 0 Å². The summed E-state index contributed by atoms with van der Waals surface area (Å²) >= 11 is 0. The number of para-hydroxylation sites is 1. The van der Waals surface area contributed by atoms with Crippen molar-refractivity contribution in [2.75, 3.05) is 13.2 Å². The molecule has 0 radical (unpaired) electrons. The standard InChI is InChI=1S/C21H34N2O3/c1-14(2)11-18(23-21(24)20-10-9-16(12-22)26-20)17-7-5-6-8-19(17)25-13-15(3)4/h5-8,14-16,18,20H,9-13,22H2,1-4H3,(H,23,24)/t16-,18?,20+/m1/s1. The molecule has 5 nitrogen and oxygen atoms in total. The molecule has 1 saturated heterocycles. The summed E-state index contributed by atoms with van der Waals surface area (Å²) in [5, 5.41) is 3.19. The fraction of sp³-hybridized carbons (Fsp3) is 0.667. The first-order chi connectivity index (χ1) is 12.4. The molecular weight excluding hydrogens is 328 g/mol. The van der Waals surface area contributed by atoms with Gasteiger partial charge in [-0.05, 0) is 37.2 Å². The zero-order valence-electron chi connectivity index (χ0n) is 16.5. The lowest BCUT2D eigenvalue weighted by Gasteiger charge is -2.25. The van der Waals surface area contributed by atoms with Crippen molar-refractivity contribution < 1.29 is 14.3 Å². The van der Waals surface area contributed by atoms with Gasteiger partial charge in [0.1, 0.15) is 11.9 Å². The quantitative estimate of drug-likeness (QED) is 0.706. The van der Waals surface area contributed by atoms with Crippen molar-refractivity contribution >= 4 is 5.91 Å². The van der Waals surface area contributed by atoms with Crippen molar-refractivity contribution in [3.63, 3.8) is 0 Å². The summed E-state index contributed by atoms with van der Waals surface area (Å²) in [5.74, 6) is 1.69. The van der Waals surface area contributed by atoms with Crippen molar-refractivity contribution in [2.45, 2.75) is 65.2 Å². The van der Waals surface area contributed by atoms with Gasteiger partial charge in [0, 0.05) is 12.1 Å². The average molecular weight is 363 g/mol. The number of rotatable bonds is 9. The van der Waals surface area contributed by atoms with Crippen LogP contribution in [0.3, 0.4) is 0 Å². The summed E-state index contributed by atoms with van der Waals surface area (Å²) in [6.45, 7) is 9.69. The number of ether oxygens (including phenoxy) is 2. The Balaban J connectivity index is 2.13. The number of carbonyl (C=O) groups excluding carboxylic acids is 1. The van der Waals surface area contributed by atoms with E-state index in [9.17, 15) is 4.79 Å². The van der Waals surface area contributed by atoms with E-state index in [-0.39, 0.29) is 18.1 Å². The van der Waals surface area contributed by atoms with Crippen LogP contribution in [0.15, 0.2) is 24.3 Å². The van der Waals surface area contributed by atoms with Crippen LogP contribution in [0.2, 0.25) is 0 Å². The van der Waals surface area contributed by atoms with Crippen LogP contribution in [0.25, 0.3) is 0 Å². The molecule has 1 heterocycles. The zero-order valence-corrected chi connectivity index (χ0v) is 16.5. The largest absolute Gasteiger partial charge is 0.493 e. The molecule has 1 fully saturated rings. The molecule has 1 aliphatic rings. The number of hydrogen-bond acceptors (Lipinski definition) is 4. The molecule has 1 aromatic rings. The van der Waals surface area contributed by atoms with Gasteiger partial charge >= 0.3 is 0 Å². The maximum absolute atomic E-state index is 12.7. The van der Waals surface area contributed by atoms with Crippen molar-refractivity contribution in [3.8, 4) is 5.75 Å². The Labute approximate surface area is 157 Å². The Kier molecular flexibility index (Phi) is 7.91. The summed E-state index contributed by atoms with van der Waals surface area (Å²) in [5.41, 5.74) is 6.69. The zero-order chi connectivity index (χ0) is 19.1. The molecule has 3 N–H and O–H groups in total. The van der Waals surface area contributed by atoms with Crippen LogP contribution in [0.1, 0.15) is 58.6 Å². The third-order valence-corrected chi connectivity index (χ3v) is 4.55. The lowest BCUT2D eigenvalue weighted by Crippen LogP contribution is -2.38. The third kappa shape index (κ3) is 5.99. The van der Waals surface area contributed by atoms with Crippen LogP contribution in [0.5, 0.6) is 5.75 Å². The SMILES string of the molecule is CC(C)COc1ccccc1C(CC(C)C)NC(=O)[C@@H]1CC[C@H](CN)O1. The fourth-order valence-electron chi connectivity index (χ4n) is 3.23. The Morgan fingerprint density at radius 3 is 2.58 bits per heavy atom. The molecule has 0 aromatic heterocycles. The Morgan fingerprint density at radius 1 is 1.23 bits per heavy atom. The summed E-state index contributed by atoms with van der Waals surface area (Å²) in [6.07, 6.45) is 2.02. The first-order valence-electron chi connectivity index (χ1n) is 9.78. The van der Waals surface area contributed by atoms with Gasteiger partial charge in [0.05, 0.1) is 18.8 Å². The summed E-state index contributed by atoms with van der Waals surface area (Å²) in [4.78, 5) is 12.7. The van der Waals surface area contributed by atoms with E-state index < -0.39 is 6.10 Å². The number of nitrogens with one attached hydrogen (secondary N) is 1. The topological polar surface area (TPSA) is 73.6 Å². The van der Waals surface area contributed by atoms with Gasteiger partial charge in [-0.2, -0.15) is 0 Å². The smallest absolute Gasteiger partial charge is 0.249 e. The maximum Gasteiger partial charge on any atom is 0.249 e. The second-order valence-electron chi connectivity index (χ2n) is 7.99. The lowest BCUT2D eigenvalue weighted by molar-refractivity contribution is -0.132. The Morgan fingerprint density at radius 2 is 1.96 bits per heavy atom. The predicted molar refractivity (Wildman–Crippen MR) is 104 cm³/mol. The normalized spacial score (nSPS) is 21.2. The van der Waals surface area contributed by atoms with Crippen LogP contribution < -0.4 is 15.8 Å². The highest BCUT2D eigenvalue weighted by molar-refractivity contribution is 5.81. The van der Waals surface area contributed by atoms with Crippen LogP contribution in [-0.4, -0.2) is 31.3 Å². The number of benzene rings is 1. The van der Waals surface area contributed by atoms with Gasteiger partial charge in [-0.25, -0.2) is 0 Å². The fourth-order valence-corrected chi connectivity index (χ4v) is 3.23. The lowest BCUT2D eigenvalue weighted by atomic mass is 9.95. The van der Waals surface area contributed by atoms with Crippen LogP contribution in [0.4, 0.5) is 0 Å². The van der Waals surface area contributed by atoms with E-state index in [1.807, 2.05) is 24.3 Å². The van der Waals surface area contributed by atoms with Gasteiger partial charge in [-0.15, -0.1) is 0 Å². The number of nitrogens with two attached hydrogens (primary N) is 1. The summed E-state index contributed by atoms with van der Waals surface area (Å²) < 4.78 is 11.8. The molecule has 2 rings (SSSR count). The third-order valence-electron chi connectivity index (χ3n) is 4.55. The molecule has 26 heavy (non-hydrogen) atoms. The molecule has 0 bridgehead atoms.